The van der Waals surface area contributed by atoms with Gasteiger partial charge in [-0.1, -0.05) is 0 Å². The number of amides is 1. The lowest BCUT2D eigenvalue weighted by molar-refractivity contribution is -0.115. The Balaban J connectivity index is 2.29. The van der Waals surface area contributed by atoms with Crippen LogP contribution in [0, 0.1) is 6.92 Å². The maximum Gasteiger partial charge on any atom is 0.228 e. The molecular weight excluding hydrogens is 222 g/mol. The normalized spacial score (nSPS) is 13.7. The number of anilines is 1. The summed E-state index contributed by atoms with van der Waals surface area (Å²) in [4.78, 5) is 21.2. The molecule has 1 aliphatic rings. The molecule has 16 heavy (non-hydrogen) atoms. The topological polar surface area (TPSA) is 54.9 Å². The van der Waals surface area contributed by atoms with Gasteiger partial charge in [-0.2, -0.15) is 0 Å². The Morgan fingerprint density at radius 2 is 2.38 bits per heavy atom. The van der Waals surface area contributed by atoms with Gasteiger partial charge in [0.1, 0.15) is 5.82 Å². The smallest absolute Gasteiger partial charge is 0.228 e. The SMILES string of the molecule is Cc1ncc2c(n1)-c1sccc1NC(=O)C2. The number of aromatic nitrogens is 2. The predicted molar refractivity (Wildman–Crippen MR) is 62.4 cm³/mol. The first-order valence-electron chi connectivity index (χ1n) is 4.94. The molecule has 1 N–H and O–H groups in total. The number of hydrogen-bond donors (Lipinski definition) is 1. The molecule has 0 aromatic carbocycles. The number of thiophene rings is 1. The van der Waals surface area contributed by atoms with Gasteiger partial charge in [-0.3, -0.25) is 4.79 Å². The quantitative estimate of drug-likeness (QED) is 0.754. The van der Waals surface area contributed by atoms with Crippen LogP contribution in [-0.2, 0) is 11.2 Å². The van der Waals surface area contributed by atoms with Gasteiger partial charge >= 0.3 is 0 Å². The fraction of sp³-hybridized carbons (Fsp3) is 0.182. The molecule has 0 unspecified atom stereocenters. The molecule has 80 valence electrons. The Morgan fingerprint density at radius 1 is 1.50 bits per heavy atom. The van der Waals surface area contributed by atoms with Gasteiger partial charge in [0.05, 0.1) is 22.7 Å². The summed E-state index contributed by atoms with van der Waals surface area (Å²) in [5, 5.41) is 4.83. The Labute approximate surface area is 96.4 Å². The maximum absolute atomic E-state index is 11.6. The zero-order chi connectivity index (χ0) is 11.1. The summed E-state index contributed by atoms with van der Waals surface area (Å²) >= 11 is 1.59. The first kappa shape index (κ1) is 9.47. The van der Waals surface area contributed by atoms with E-state index in [0.717, 1.165) is 27.6 Å². The first-order valence-corrected chi connectivity index (χ1v) is 5.82. The van der Waals surface area contributed by atoms with Gasteiger partial charge < -0.3 is 5.32 Å². The Kier molecular flexibility index (Phi) is 2.00. The largest absolute Gasteiger partial charge is 0.324 e. The van der Waals surface area contributed by atoms with Crippen molar-refractivity contribution in [2.45, 2.75) is 13.3 Å². The number of nitrogens with zero attached hydrogens (tertiary/aromatic N) is 2. The van der Waals surface area contributed by atoms with Crippen molar-refractivity contribution in [3.05, 3.63) is 29.0 Å². The van der Waals surface area contributed by atoms with Crippen LogP contribution < -0.4 is 5.32 Å². The minimum atomic E-state index is -0.00847. The number of fused-ring (bicyclic) bond motifs is 3. The Hall–Kier alpha value is -1.75. The molecule has 3 rings (SSSR count). The average molecular weight is 231 g/mol. The van der Waals surface area contributed by atoms with Gasteiger partial charge in [-0.15, -0.1) is 11.3 Å². The lowest BCUT2D eigenvalue weighted by Crippen LogP contribution is -2.12. The zero-order valence-electron chi connectivity index (χ0n) is 8.65. The van der Waals surface area contributed by atoms with Gasteiger partial charge in [-0.25, -0.2) is 9.97 Å². The number of carbonyl (C=O) groups excluding carboxylic acids is 1. The fourth-order valence-electron chi connectivity index (χ4n) is 1.78. The highest BCUT2D eigenvalue weighted by Crippen LogP contribution is 2.36. The number of nitrogens with one attached hydrogen (secondary N) is 1. The van der Waals surface area contributed by atoms with Crippen LogP contribution >= 0.6 is 11.3 Å². The van der Waals surface area contributed by atoms with Gasteiger partial charge in [0.25, 0.3) is 0 Å². The molecule has 0 radical (unpaired) electrons. The molecule has 0 aliphatic carbocycles. The van der Waals surface area contributed by atoms with Crippen LogP contribution in [-0.4, -0.2) is 15.9 Å². The van der Waals surface area contributed by atoms with Crippen LogP contribution in [0.2, 0.25) is 0 Å². The molecule has 0 spiro atoms. The van der Waals surface area contributed by atoms with E-state index in [1.54, 1.807) is 17.5 Å². The van der Waals surface area contributed by atoms with E-state index >= 15 is 0 Å². The number of hydrogen-bond acceptors (Lipinski definition) is 4. The number of rotatable bonds is 0. The van der Waals surface area contributed by atoms with E-state index in [0.29, 0.717) is 6.42 Å². The number of aryl methyl sites for hydroxylation is 1. The maximum atomic E-state index is 11.6. The van der Waals surface area contributed by atoms with Gasteiger partial charge in [0.15, 0.2) is 0 Å². The second-order valence-corrected chi connectivity index (χ2v) is 4.60. The fourth-order valence-corrected chi connectivity index (χ4v) is 2.65. The Bertz CT molecular complexity index is 576. The first-order chi connectivity index (χ1) is 7.74. The van der Waals surface area contributed by atoms with Crippen molar-refractivity contribution in [3.63, 3.8) is 0 Å². The third-order valence-corrected chi connectivity index (χ3v) is 3.41. The predicted octanol–water partition coefficient (Wildman–Crippen LogP) is 2.01. The van der Waals surface area contributed by atoms with E-state index in [9.17, 15) is 4.79 Å². The summed E-state index contributed by atoms with van der Waals surface area (Å²) in [5.41, 5.74) is 2.63. The monoisotopic (exact) mass is 231 g/mol. The second kappa shape index (κ2) is 3.38. The average Bonchev–Trinajstić information content (AvgIpc) is 2.64. The molecule has 0 saturated carbocycles. The molecule has 0 saturated heterocycles. The Morgan fingerprint density at radius 3 is 3.25 bits per heavy atom. The molecule has 0 fully saturated rings. The van der Waals surface area contributed by atoms with Crippen molar-refractivity contribution in [1.82, 2.24) is 9.97 Å². The zero-order valence-corrected chi connectivity index (χ0v) is 9.47. The van der Waals surface area contributed by atoms with E-state index in [1.165, 1.54) is 0 Å². The molecule has 0 bridgehead atoms. The molecule has 2 aromatic rings. The van der Waals surface area contributed by atoms with Crippen LogP contribution in [0.5, 0.6) is 0 Å². The van der Waals surface area contributed by atoms with Crippen LogP contribution in [0.4, 0.5) is 5.69 Å². The number of carbonyl (C=O) groups is 1. The van der Waals surface area contributed by atoms with E-state index in [1.807, 2.05) is 18.4 Å². The summed E-state index contributed by atoms with van der Waals surface area (Å²) in [7, 11) is 0. The highest BCUT2D eigenvalue weighted by Gasteiger charge is 2.21. The lowest BCUT2D eigenvalue weighted by Gasteiger charge is -2.03. The van der Waals surface area contributed by atoms with Gasteiger partial charge in [0.2, 0.25) is 5.91 Å². The summed E-state index contributed by atoms with van der Waals surface area (Å²) < 4.78 is 0. The third kappa shape index (κ3) is 1.40. The second-order valence-electron chi connectivity index (χ2n) is 3.68. The highest BCUT2D eigenvalue weighted by atomic mass is 32.1. The van der Waals surface area contributed by atoms with Crippen LogP contribution in [0.25, 0.3) is 10.6 Å². The molecule has 1 amide bonds. The van der Waals surface area contributed by atoms with E-state index in [2.05, 4.69) is 15.3 Å². The summed E-state index contributed by atoms with van der Waals surface area (Å²) in [6, 6.07) is 1.91. The van der Waals surface area contributed by atoms with Crippen molar-refractivity contribution >= 4 is 22.9 Å². The highest BCUT2D eigenvalue weighted by molar-refractivity contribution is 7.14. The standard InChI is InChI=1S/C11H9N3OS/c1-6-12-5-7-4-9(15)14-8-2-3-16-11(8)10(7)13-6/h2-3,5H,4H2,1H3,(H,14,15). The van der Waals surface area contributed by atoms with Crippen molar-refractivity contribution in [2.75, 3.05) is 5.32 Å². The van der Waals surface area contributed by atoms with Gasteiger partial charge in [0, 0.05) is 11.8 Å². The van der Waals surface area contributed by atoms with E-state index in [4.69, 9.17) is 0 Å². The minimum absolute atomic E-state index is 0.00847. The van der Waals surface area contributed by atoms with Crippen molar-refractivity contribution in [3.8, 4) is 10.6 Å². The molecular formula is C11H9N3OS. The van der Waals surface area contributed by atoms with Crippen molar-refractivity contribution in [1.29, 1.82) is 0 Å². The molecule has 3 heterocycles. The van der Waals surface area contributed by atoms with Gasteiger partial charge in [-0.05, 0) is 18.4 Å². The lowest BCUT2D eigenvalue weighted by atomic mass is 10.1. The van der Waals surface area contributed by atoms with Crippen LogP contribution in [0.3, 0.4) is 0 Å². The minimum Gasteiger partial charge on any atom is -0.324 e. The van der Waals surface area contributed by atoms with E-state index in [-0.39, 0.29) is 5.91 Å². The van der Waals surface area contributed by atoms with Crippen LogP contribution in [0.1, 0.15) is 11.4 Å². The summed E-state index contributed by atoms with van der Waals surface area (Å²) in [6.45, 7) is 1.85. The van der Waals surface area contributed by atoms with Crippen molar-refractivity contribution in [2.24, 2.45) is 0 Å². The molecule has 4 nitrogen and oxygen atoms in total. The molecule has 1 aliphatic heterocycles. The summed E-state index contributed by atoms with van der Waals surface area (Å²) in [5.74, 6) is 0.721. The molecule has 0 atom stereocenters. The molecule has 5 heteroatoms. The third-order valence-electron chi connectivity index (χ3n) is 2.49. The molecule has 2 aromatic heterocycles. The summed E-state index contributed by atoms with van der Waals surface area (Å²) in [6.07, 6.45) is 2.09. The van der Waals surface area contributed by atoms with Crippen molar-refractivity contribution < 1.29 is 4.79 Å². The van der Waals surface area contributed by atoms with Crippen LogP contribution in [0.15, 0.2) is 17.6 Å². The van der Waals surface area contributed by atoms with E-state index < -0.39 is 0 Å².